The molecule has 1 aromatic carbocycles. The van der Waals surface area contributed by atoms with Crippen LogP contribution in [-0.2, 0) is 0 Å². The molecule has 16 heavy (non-hydrogen) atoms. The van der Waals surface area contributed by atoms with Gasteiger partial charge in [0.15, 0.2) is 0 Å². The molecule has 0 saturated heterocycles. The van der Waals surface area contributed by atoms with Gasteiger partial charge >= 0.3 is 6.18 Å². The predicted molar refractivity (Wildman–Crippen MR) is 55.3 cm³/mol. The topological polar surface area (TPSA) is 46.2 Å². The summed E-state index contributed by atoms with van der Waals surface area (Å²) in [7, 11) is 0. The Morgan fingerprint density at radius 3 is 2.50 bits per heavy atom. The van der Waals surface area contributed by atoms with Gasteiger partial charge in [-0.2, -0.15) is 13.2 Å². The van der Waals surface area contributed by atoms with Gasteiger partial charge in [-0.25, -0.2) is 0 Å². The highest BCUT2D eigenvalue weighted by atomic mass is 35.5. The van der Waals surface area contributed by atoms with E-state index in [-0.39, 0.29) is 17.2 Å². The molecule has 6 heteroatoms. The number of hydrogen-bond acceptors (Lipinski definition) is 2. The largest absolute Gasteiger partial charge is 0.506 e. The quantitative estimate of drug-likeness (QED) is 0.867. The second-order valence-electron chi connectivity index (χ2n) is 3.47. The number of hydrogen-bond donors (Lipinski definition) is 2. The van der Waals surface area contributed by atoms with Crippen molar-refractivity contribution in [2.45, 2.75) is 25.1 Å². The van der Waals surface area contributed by atoms with Crippen LogP contribution in [0.2, 0.25) is 5.02 Å². The lowest BCUT2D eigenvalue weighted by atomic mass is 10.0. The number of alkyl halides is 3. The standard InChI is InChI=1S/C10H11ClF3NO/c11-7-5-6(1-2-9(7)16)8(15)3-4-10(12,13)14/h1-2,5,8,16H,3-4,15H2/t8-/m1/s1. The highest BCUT2D eigenvalue weighted by molar-refractivity contribution is 6.32. The van der Waals surface area contributed by atoms with E-state index < -0.39 is 18.6 Å². The van der Waals surface area contributed by atoms with Gasteiger partial charge in [0.2, 0.25) is 0 Å². The molecule has 0 saturated carbocycles. The summed E-state index contributed by atoms with van der Waals surface area (Å²) >= 11 is 5.62. The van der Waals surface area contributed by atoms with Crippen molar-refractivity contribution in [3.63, 3.8) is 0 Å². The van der Waals surface area contributed by atoms with Crippen molar-refractivity contribution in [1.29, 1.82) is 0 Å². The minimum Gasteiger partial charge on any atom is -0.506 e. The van der Waals surface area contributed by atoms with Gasteiger partial charge in [0.1, 0.15) is 5.75 Å². The molecule has 1 rings (SSSR count). The summed E-state index contributed by atoms with van der Waals surface area (Å²) in [6.07, 6.45) is -5.35. The molecule has 0 amide bonds. The Balaban J connectivity index is 2.66. The molecule has 1 aromatic rings. The van der Waals surface area contributed by atoms with Gasteiger partial charge in [-0.05, 0) is 24.1 Å². The highest BCUT2D eigenvalue weighted by Crippen LogP contribution is 2.30. The molecule has 3 N–H and O–H groups in total. The van der Waals surface area contributed by atoms with Crippen LogP contribution in [0.3, 0.4) is 0 Å². The molecule has 1 atom stereocenters. The summed E-state index contributed by atoms with van der Waals surface area (Å²) in [6.45, 7) is 0. The van der Waals surface area contributed by atoms with Gasteiger partial charge in [0, 0.05) is 12.5 Å². The number of rotatable bonds is 3. The minimum atomic E-state index is -4.21. The van der Waals surface area contributed by atoms with Gasteiger partial charge in [-0.3, -0.25) is 0 Å². The fourth-order valence-electron chi connectivity index (χ4n) is 1.24. The molecule has 0 bridgehead atoms. The Kier molecular flexibility index (Phi) is 4.04. The zero-order valence-electron chi connectivity index (χ0n) is 8.26. The summed E-state index contributed by atoms with van der Waals surface area (Å²) < 4.78 is 35.9. The van der Waals surface area contributed by atoms with Crippen LogP contribution in [0.4, 0.5) is 13.2 Å². The zero-order valence-corrected chi connectivity index (χ0v) is 9.02. The molecule has 2 nitrogen and oxygen atoms in total. The Hall–Kier alpha value is -0.940. The first-order valence-electron chi connectivity index (χ1n) is 4.60. The van der Waals surface area contributed by atoms with E-state index in [0.29, 0.717) is 5.56 Å². The first kappa shape index (κ1) is 13.1. The van der Waals surface area contributed by atoms with E-state index in [9.17, 15) is 13.2 Å². The fourth-order valence-corrected chi connectivity index (χ4v) is 1.43. The van der Waals surface area contributed by atoms with Crippen molar-refractivity contribution < 1.29 is 18.3 Å². The van der Waals surface area contributed by atoms with Gasteiger partial charge in [0.05, 0.1) is 5.02 Å². The molecule has 0 aliphatic rings. The van der Waals surface area contributed by atoms with Crippen LogP contribution in [0.1, 0.15) is 24.4 Å². The Bertz CT molecular complexity index is 368. The maximum atomic E-state index is 12.0. The molecule has 0 spiro atoms. The van der Waals surface area contributed by atoms with Crippen molar-refractivity contribution in [2.75, 3.05) is 0 Å². The smallest absolute Gasteiger partial charge is 0.389 e. The molecular weight excluding hydrogens is 243 g/mol. The highest BCUT2D eigenvalue weighted by Gasteiger charge is 2.27. The van der Waals surface area contributed by atoms with E-state index in [2.05, 4.69) is 0 Å². The van der Waals surface area contributed by atoms with E-state index in [1.54, 1.807) is 0 Å². The van der Waals surface area contributed by atoms with Crippen LogP contribution in [0.5, 0.6) is 5.75 Å². The van der Waals surface area contributed by atoms with Gasteiger partial charge < -0.3 is 10.8 Å². The van der Waals surface area contributed by atoms with Crippen LogP contribution in [-0.4, -0.2) is 11.3 Å². The summed E-state index contributed by atoms with van der Waals surface area (Å²) in [5, 5.41) is 9.22. The summed E-state index contributed by atoms with van der Waals surface area (Å²) in [4.78, 5) is 0. The normalized spacial score (nSPS) is 13.8. The molecule has 0 unspecified atom stereocenters. The average molecular weight is 254 g/mol. The third-order valence-corrected chi connectivity index (χ3v) is 2.44. The lowest BCUT2D eigenvalue weighted by Gasteiger charge is -2.14. The number of benzene rings is 1. The molecule has 0 aliphatic carbocycles. The molecule has 90 valence electrons. The number of nitrogens with two attached hydrogens (primary N) is 1. The van der Waals surface area contributed by atoms with Crippen molar-refractivity contribution in [3.05, 3.63) is 28.8 Å². The summed E-state index contributed by atoms with van der Waals surface area (Å²) in [5.74, 6) is -0.117. The first-order chi connectivity index (χ1) is 7.29. The van der Waals surface area contributed by atoms with Crippen molar-refractivity contribution >= 4 is 11.6 Å². The number of halogens is 4. The van der Waals surface area contributed by atoms with Crippen LogP contribution in [0.25, 0.3) is 0 Å². The fraction of sp³-hybridized carbons (Fsp3) is 0.400. The molecule has 0 heterocycles. The number of phenols is 1. The lowest BCUT2D eigenvalue weighted by molar-refractivity contribution is -0.136. The molecule has 0 radical (unpaired) electrons. The third kappa shape index (κ3) is 3.90. The monoisotopic (exact) mass is 253 g/mol. The van der Waals surface area contributed by atoms with Crippen LogP contribution in [0.15, 0.2) is 18.2 Å². The average Bonchev–Trinajstić information content (AvgIpc) is 2.17. The summed E-state index contributed by atoms with van der Waals surface area (Å²) in [5.41, 5.74) is 6.06. The van der Waals surface area contributed by atoms with E-state index in [1.807, 2.05) is 0 Å². The van der Waals surface area contributed by atoms with Crippen molar-refractivity contribution in [2.24, 2.45) is 5.73 Å². The molecule has 0 aliphatic heterocycles. The van der Waals surface area contributed by atoms with Gasteiger partial charge in [-0.1, -0.05) is 17.7 Å². The second-order valence-corrected chi connectivity index (χ2v) is 3.88. The van der Waals surface area contributed by atoms with E-state index in [0.717, 1.165) is 0 Å². The third-order valence-electron chi connectivity index (χ3n) is 2.14. The first-order valence-corrected chi connectivity index (χ1v) is 4.98. The van der Waals surface area contributed by atoms with Gasteiger partial charge in [0.25, 0.3) is 0 Å². The van der Waals surface area contributed by atoms with Crippen molar-refractivity contribution in [1.82, 2.24) is 0 Å². The summed E-state index contributed by atoms with van der Waals surface area (Å²) in [6, 6.07) is 3.41. The second kappa shape index (κ2) is 4.93. The predicted octanol–water partition coefficient (Wildman–Crippen LogP) is 3.39. The maximum absolute atomic E-state index is 12.0. The Morgan fingerprint density at radius 2 is 2.00 bits per heavy atom. The zero-order chi connectivity index (χ0) is 12.3. The molecule has 0 fully saturated rings. The van der Waals surface area contributed by atoms with Crippen molar-refractivity contribution in [3.8, 4) is 5.75 Å². The molecule has 0 aromatic heterocycles. The Labute approximate surface area is 95.8 Å². The van der Waals surface area contributed by atoms with E-state index >= 15 is 0 Å². The van der Waals surface area contributed by atoms with Crippen LogP contribution in [0, 0.1) is 0 Å². The maximum Gasteiger partial charge on any atom is 0.389 e. The van der Waals surface area contributed by atoms with E-state index in [1.165, 1.54) is 18.2 Å². The minimum absolute atomic E-state index is 0.0833. The number of phenolic OH excluding ortho intramolecular Hbond substituents is 1. The Morgan fingerprint density at radius 1 is 1.38 bits per heavy atom. The number of aromatic hydroxyl groups is 1. The molecular formula is C10H11ClF3NO. The van der Waals surface area contributed by atoms with Gasteiger partial charge in [-0.15, -0.1) is 0 Å². The SMILES string of the molecule is N[C@H](CCC(F)(F)F)c1ccc(O)c(Cl)c1. The van der Waals surface area contributed by atoms with E-state index in [4.69, 9.17) is 22.4 Å². The van der Waals surface area contributed by atoms with Crippen LogP contribution < -0.4 is 5.73 Å². The van der Waals surface area contributed by atoms with Crippen LogP contribution >= 0.6 is 11.6 Å². The lowest BCUT2D eigenvalue weighted by Crippen LogP contribution is -2.15.